The lowest BCUT2D eigenvalue weighted by Gasteiger charge is -2.25. The fourth-order valence-electron chi connectivity index (χ4n) is 5.01. The van der Waals surface area contributed by atoms with E-state index in [1.165, 1.54) is 0 Å². The Bertz CT molecular complexity index is 1020. The monoisotopic (exact) mass is 620 g/mol. The molecular formula is C30H37IO6. The van der Waals surface area contributed by atoms with Crippen LogP contribution in [0.1, 0.15) is 55.5 Å². The molecule has 1 saturated heterocycles. The Kier molecular flexibility index (Phi) is 10.0. The minimum Gasteiger partial charge on any atom is -0.497 e. The van der Waals surface area contributed by atoms with Crippen molar-refractivity contribution in [1.29, 1.82) is 0 Å². The lowest BCUT2D eigenvalue weighted by Crippen LogP contribution is -2.38. The van der Waals surface area contributed by atoms with Gasteiger partial charge >= 0.3 is 5.97 Å². The fourth-order valence-corrected chi connectivity index (χ4v) is 5.63. The van der Waals surface area contributed by atoms with Gasteiger partial charge in [-0.1, -0.05) is 65.4 Å². The molecule has 200 valence electrons. The maximum atomic E-state index is 13.0. The molecule has 6 nitrogen and oxygen atoms in total. The summed E-state index contributed by atoms with van der Waals surface area (Å²) in [5.41, 5.74) is 1.64. The zero-order chi connectivity index (χ0) is 26.3. The second-order valence-corrected chi connectivity index (χ2v) is 11.1. The van der Waals surface area contributed by atoms with Crippen molar-refractivity contribution in [3.63, 3.8) is 0 Å². The molecule has 1 aliphatic carbocycles. The van der Waals surface area contributed by atoms with Crippen molar-refractivity contribution in [3.05, 3.63) is 77.9 Å². The highest BCUT2D eigenvalue weighted by Gasteiger charge is 2.45. The quantitative estimate of drug-likeness (QED) is 0.124. The molecule has 4 rings (SSSR count). The molecule has 0 amide bonds. The van der Waals surface area contributed by atoms with Crippen molar-refractivity contribution in [1.82, 2.24) is 0 Å². The summed E-state index contributed by atoms with van der Waals surface area (Å²) in [7, 11) is 1.67. The van der Waals surface area contributed by atoms with Gasteiger partial charge in [-0.05, 0) is 69.0 Å². The number of benzene rings is 2. The van der Waals surface area contributed by atoms with E-state index in [0.717, 1.165) is 41.4 Å². The van der Waals surface area contributed by atoms with Gasteiger partial charge in [0.15, 0.2) is 5.79 Å². The number of hydrogen-bond donors (Lipinski definition) is 0. The maximum absolute atomic E-state index is 13.0. The van der Waals surface area contributed by atoms with Gasteiger partial charge in [0.1, 0.15) is 18.0 Å². The Morgan fingerprint density at radius 1 is 1.11 bits per heavy atom. The van der Waals surface area contributed by atoms with Crippen molar-refractivity contribution in [2.75, 3.05) is 11.5 Å². The van der Waals surface area contributed by atoms with Crippen LogP contribution in [0.4, 0.5) is 0 Å². The van der Waals surface area contributed by atoms with Crippen LogP contribution < -0.4 is 4.74 Å². The topological polar surface area (TPSA) is 63.2 Å². The first-order chi connectivity index (χ1) is 17.9. The standard InChI is InChI=1S/C30H37IO6/c1-30(2)36-27(18-19-31)28(37-30)26(35-29(32)23-8-5-4-6-9-23)17-14-22-10-7-11-25(22)34-20-21-12-15-24(33-3)16-13-21/h4-6,8-9,12-17,22,25-28H,7,10-11,18-20H2,1-3H3/b17-14-/t22?,25-,26?,27?,28?/m0/s1. The molecule has 1 heterocycles. The van der Waals surface area contributed by atoms with Crippen LogP contribution in [-0.2, 0) is 25.6 Å². The molecule has 37 heavy (non-hydrogen) atoms. The van der Waals surface area contributed by atoms with Gasteiger partial charge in [-0.25, -0.2) is 4.79 Å². The van der Waals surface area contributed by atoms with Gasteiger partial charge in [-0.15, -0.1) is 0 Å². The third-order valence-electron chi connectivity index (χ3n) is 6.87. The van der Waals surface area contributed by atoms with Gasteiger partial charge < -0.3 is 23.7 Å². The molecule has 0 radical (unpaired) electrons. The number of carbonyl (C=O) groups is 1. The average Bonchev–Trinajstić information content (AvgIpc) is 3.48. The first-order valence-electron chi connectivity index (χ1n) is 13.0. The van der Waals surface area contributed by atoms with Crippen molar-refractivity contribution < 1.29 is 28.5 Å². The molecule has 2 aromatic rings. The lowest BCUT2D eigenvalue weighted by atomic mass is 10.0. The summed E-state index contributed by atoms with van der Waals surface area (Å²) in [6.45, 7) is 4.37. The average molecular weight is 621 g/mol. The Balaban J connectivity index is 1.47. The minimum atomic E-state index is -0.732. The van der Waals surface area contributed by atoms with Crippen molar-refractivity contribution in [2.45, 2.75) is 76.3 Å². The second kappa shape index (κ2) is 13.2. The minimum absolute atomic E-state index is 0.117. The van der Waals surface area contributed by atoms with Gasteiger partial charge in [0.25, 0.3) is 0 Å². The number of rotatable bonds is 11. The number of hydrogen-bond acceptors (Lipinski definition) is 6. The summed E-state index contributed by atoms with van der Waals surface area (Å²) in [6, 6.07) is 17.1. The van der Waals surface area contributed by atoms with Crippen LogP contribution >= 0.6 is 22.6 Å². The third kappa shape index (κ3) is 7.78. The Labute approximate surface area is 233 Å². The SMILES string of the molecule is COc1ccc(CO[C@H]2CCCC2/C=C\C(OC(=O)c2ccccc2)C2OC(C)(C)OC2CCI)cc1. The van der Waals surface area contributed by atoms with E-state index < -0.39 is 11.9 Å². The smallest absolute Gasteiger partial charge is 0.338 e. The van der Waals surface area contributed by atoms with Crippen LogP contribution in [0.3, 0.4) is 0 Å². The van der Waals surface area contributed by atoms with Crippen LogP contribution in [0.25, 0.3) is 0 Å². The van der Waals surface area contributed by atoms with E-state index in [1.807, 2.05) is 62.4 Å². The van der Waals surface area contributed by atoms with Gasteiger partial charge in [-0.3, -0.25) is 0 Å². The van der Waals surface area contributed by atoms with Crippen LogP contribution in [0, 0.1) is 5.92 Å². The number of ether oxygens (including phenoxy) is 5. The maximum Gasteiger partial charge on any atom is 0.338 e. The Morgan fingerprint density at radius 2 is 1.86 bits per heavy atom. The van der Waals surface area contributed by atoms with E-state index in [9.17, 15) is 4.79 Å². The molecule has 1 saturated carbocycles. The predicted octanol–water partition coefficient (Wildman–Crippen LogP) is 6.51. The highest BCUT2D eigenvalue weighted by molar-refractivity contribution is 14.1. The second-order valence-electron chi connectivity index (χ2n) is 10.0. The summed E-state index contributed by atoms with van der Waals surface area (Å²) in [4.78, 5) is 13.0. The highest BCUT2D eigenvalue weighted by atomic mass is 127. The molecule has 1 aliphatic heterocycles. The van der Waals surface area contributed by atoms with Gasteiger partial charge in [0.2, 0.25) is 0 Å². The van der Waals surface area contributed by atoms with Crippen LogP contribution in [0.15, 0.2) is 66.7 Å². The molecular weight excluding hydrogens is 583 g/mol. The largest absolute Gasteiger partial charge is 0.497 e. The summed E-state index contributed by atoms with van der Waals surface area (Å²) < 4.78 is 31.0. The van der Waals surface area contributed by atoms with E-state index in [2.05, 4.69) is 28.7 Å². The lowest BCUT2D eigenvalue weighted by molar-refractivity contribution is -0.153. The molecule has 2 fully saturated rings. The molecule has 7 heteroatoms. The summed E-state index contributed by atoms with van der Waals surface area (Å²) in [5.74, 6) is -0.0160. The van der Waals surface area contributed by atoms with E-state index in [0.29, 0.717) is 12.2 Å². The van der Waals surface area contributed by atoms with Gasteiger partial charge in [0, 0.05) is 10.3 Å². The molecule has 0 aromatic heterocycles. The predicted molar refractivity (Wildman–Crippen MR) is 151 cm³/mol. The number of halogens is 1. The Morgan fingerprint density at radius 3 is 2.57 bits per heavy atom. The van der Waals surface area contributed by atoms with Gasteiger partial charge in [-0.2, -0.15) is 0 Å². The molecule has 2 aromatic carbocycles. The zero-order valence-electron chi connectivity index (χ0n) is 21.8. The van der Waals surface area contributed by atoms with Crippen molar-refractivity contribution >= 4 is 28.6 Å². The van der Waals surface area contributed by atoms with E-state index in [4.69, 9.17) is 23.7 Å². The summed E-state index contributed by atoms with van der Waals surface area (Å²) in [6.07, 6.45) is 7.13. The van der Waals surface area contributed by atoms with Crippen molar-refractivity contribution in [2.24, 2.45) is 5.92 Å². The highest BCUT2D eigenvalue weighted by Crippen LogP contribution is 2.35. The van der Waals surface area contributed by atoms with Crippen LogP contribution in [-0.4, -0.2) is 47.7 Å². The number of methoxy groups -OCH3 is 1. The number of alkyl halides is 1. The van der Waals surface area contributed by atoms with Crippen molar-refractivity contribution in [3.8, 4) is 5.75 Å². The molecule has 0 bridgehead atoms. The Hall–Kier alpha value is -1.94. The van der Waals surface area contributed by atoms with E-state index in [1.54, 1.807) is 19.2 Å². The molecule has 4 unspecified atom stereocenters. The van der Waals surface area contributed by atoms with E-state index in [-0.39, 0.29) is 30.2 Å². The number of esters is 1. The molecule has 0 spiro atoms. The molecule has 5 atom stereocenters. The molecule has 0 N–H and O–H groups in total. The summed E-state index contributed by atoms with van der Waals surface area (Å²) >= 11 is 2.34. The fraction of sp³-hybridized carbons (Fsp3) is 0.500. The first kappa shape index (κ1) is 28.1. The molecule has 2 aliphatic rings. The third-order valence-corrected chi connectivity index (χ3v) is 7.49. The number of carbonyl (C=O) groups excluding carboxylic acids is 1. The van der Waals surface area contributed by atoms with Gasteiger partial charge in [0.05, 0.1) is 31.5 Å². The summed E-state index contributed by atoms with van der Waals surface area (Å²) in [5, 5.41) is 0. The first-order valence-corrected chi connectivity index (χ1v) is 14.5. The van der Waals surface area contributed by atoms with Crippen LogP contribution in [0.2, 0.25) is 0 Å². The zero-order valence-corrected chi connectivity index (χ0v) is 24.0. The van der Waals surface area contributed by atoms with Crippen LogP contribution in [0.5, 0.6) is 5.75 Å². The normalized spacial score (nSPS) is 25.8. The van der Waals surface area contributed by atoms with E-state index >= 15 is 0 Å².